The van der Waals surface area contributed by atoms with Crippen LogP contribution in [-0.2, 0) is 4.74 Å². The number of β-amino-alcohol motifs (C(OH)–C–C–N with tert-alkyl or cyclic N) is 1. The van der Waals surface area contributed by atoms with Gasteiger partial charge in [-0.2, -0.15) is 9.97 Å². The molecule has 3 heterocycles. The van der Waals surface area contributed by atoms with E-state index in [1.807, 2.05) is 24.8 Å². The highest BCUT2D eigenvalue weighted by Gasteiger charge is 2.31. The Kier molecular flexibility index (Phi) is 5.46. The molecule has 0 amide bonds. The largest absolute Gasteiger partial charge is 0.460 e. The first-order valence-corrected chi connectivity index (χ1v) is 10.5. The van der Waals surface area contributed by atoms with Gasteiger partial charge in [0.25, 0.3) is 0 Å². The first-order chi connectivity index (χ1) is 13.3. The fourth-order valence-electron chi connectivity index (χ4n) is 3.93. The molecule has 2 aliphatic rings. The highest BCUT2D eigenvalue weighted by Crippen LogP contribution is 2.36. The number of hydrogen-bond donors (Lipinski definition) is 1. The first-order valence-electron chi connectivity index (χ1n) is 9.72. The number of anilines is 1. The minimum Gasteiger partial charge on any atom is -0.460 e. The third kappa shape index (κ3) is 3.95. The molecular weight excluding hydrogens is 429 g/mol. The Hall–Kier alpha value is -1.51. The van der Waals surface area contributed by atoms with Gasteiger partial charge >= 0.3 is 6.01 Å². The number of ether oxygens (including phenoxy) is 2. The summed E-state index contributed by atoms with van der Waals surface area (Å²) in [7, 11) is 0. The van der Waals surface area contributed by atoms with Crippen LogP contribution in [0, 0.1) is 12.7 Å². The predicted molar refractivity (Wildman–Crippen MR) is 108 cm³/mol. The van der Waals surface area contributed by atoms with E-state index in [1.54, 1.807) is 0 Å². The quantitative estimate of drug-likeness (QED) is 0.762. The van der Waals surface area contributed by atoms with Crippen LogP contribution in [0.3, 0.4) is 0 Å². The van der Waals surface area contributed by atoms with Crippen LogP contribution >= 0.6 is 15.9 Å². The van der Waals surface area contributed by atoms with Crippen molar-refractivity contribution >= 4 is 32.7 Å². The molecule has 1 atom stereocenters. The fraction of sp³-hybridized carbons (Fsp3) is 0.600. The molecule has 6 nitrogen and oxygen atoms in total. The Morgan fingerprint density at radius 2 is 2.11 bits per heavy atom. The summed E-state index contributed by atoms with van der Waals surface area (Å²) in [6, 6.07) is 2.06. The molecule has 1 unspecified atom stereocenters. The number of fused-ring (bicyclic) bond motifs is 1. The highest BCUT2D eigenvalue weighted by molar-refractivity contribution is 9.10. The van der Waals surface area contributed by atoms with Crippen molar-refractivity contribution in [3.05, 3.63) is 21.9 Å². The van der Waals surface area contributed by atoms with E-state index in [9.17, 15) is 5.11 Å². The van der Waals surface area contributed by atoms with E-state index >= 15 is 4.39 Å². The lowest BCUT2D eigenvalue weighted by Gasteiger charge is -2.38. The molecule has 1 aromatic carbocycles. The number of benzene rings is 1. The van der Waals surface area contributed by atoms with Gasteiger partial charge in [-0.25, -0.2) is 4.39 Å². The molecule has 4 rings (SSSR count). The summed E-state index contributed by atoms with van der Waals surface area (Å²) in [6.07, 6.45) is 3.05. The Morgan fingerprint density at radius 3 is 2.82 bits per heavy atom. The van der Waals surface area contributed by atoms with Crippen LogP contribution in [0.1, 0.15) is 38.2 Å². The van der Waals surface area contributed by atoms with Crippen molar-refractivity contribution in [1.82, 2.24) is 9.97 Å². The Morgan fingerprint density at radius 1 is 1.36 bits per heavy atom. The minimum absolute atomic E-state index is 0.0412. The molecule has 0 radical (unpaired) electrons. The number of aromatic nitrogens is 2. The number of aliphatic hydroxyl groups is 1. The van der Waals surface area contributed by atoms with Crippen LogP contribution in [0.25, 0.3) is 10.9 Å². The number of halogens is 2. The fourth-order valence-corrected chi connectivity index (χ4v) is 4.23. The van der Waals surface area contributed by atoms with Crippen molar-refractivity contribution in [3.8, 4) is 6.01 Å². The average molecular weight is 454 g/mol. The summed E-state index contributed by atoms with van der Waals surface area (Å²) in [5.74, 6) is 0.195. The third-order valence-corrected chi connectivity index (χ3v) is 6.40. The Labute approximate surface area is 172 Å². The predicted octanol–water partition coefficient (Wildman–Crippen LogP) is 3.75. The van der Waals surface area contributed by atoms with Gasteiger partial charge in [-0.3, -0.25) is 0 Å². The van der Waals surface area contributed by atoms with E-state index in [1.165, 1.54) is 0 Å². The number of aryl methyl sites for hydroxylation is 1. The molecule has 2 aliphatic heterocycles. The number of hydrogen-bond acceptors (Lipinski definition) is 6. The number of nitrogens with zero attached hydrogens (tertiary/aromatic N) is 3. The van der Waals surface area contributed by atoms with Crippen LogP contribution in [0.5, 0.6) is 6.01 Å². The summed E-state index contributed by atoms with van der Waals surface area (Å²) in [5, 5.41) is 11.2. The van der Waals surface area contributed by atoms with Crippen molar-refractivity contribution in [3.63, 3.8) is 0 Å². The standard InChI is InChI=1S/C20H25BrFN3O3/c1-12-10-14-17(16(22)15(12)21)23-19(28-13-4-8-27-9-5-13)24-18(14)25-7-3-6-20(2,26)11-25/h10,13,26H,3-9,11H2,1-2H3. The number of rotatable bonds is 3. The van der Waals surface area contributed by atoms with Gasteiger partial charge < -0.3 is 19.5 Å². The van der Waals surface area contributed by atoms with Crippen molar-refractivity contribution in [2.75, 3.05) is 31.2 Å². The number of piperidine rings is 1. The van der Waals surface area contributed by atoms with E-state index in [4.69, 9.17) is 9.47 Å². The van der Waals surface area contributed by atoms with Crippen LogP contribution in [0.4, 0.5) is 10.2 Å². The molecule has 8 heteroatoms. The zero-order valence-electron chi connectivity index (χ0n) is 16.2. The molecule has 0 saturated carbocycles. The van der Waals surface area contributed by atoms with Crippen molar-refractivity contribution < 1.29 is 19.0 Å². The van der Waals surface area contributed by atoms with Crippen molar-refractivity contribution in [1.29, 1.82) is 0 Å². The van der Waals surface area contributed by atoms with Gasteiger partial charge in [0.15, 0.2) is 5.82 Å². The topological polar surface area (TPSA) is 67.7 Å². The van der Waals surface area contributed by atoms with Gasteiger partial charge in [0.2, 0.25) is 0 Å². The maximum absolute atomic E-state index is 15.0. The zero-order valence-corrected chi connectivity index (χ0v) is 17.8. The van der Waals surface area contributed by atoms with E-state index in [-0.39, 0.29) is 17.6 Å². The van der Waals surface area contributed by atoms with E-state index in [0.29, 0.717) is 35.4 Å². The second-order valence-corrected chi connectivity index (χ2v) is 8.79. The molecule has 1 N–H and O–H groups in total. The van der Waals surface area contributed by atoms with E-state index in [0.717, 1.165) is 37.8 Å². The molecule has 2 saturated heterocycles. The van der Waals surface area contributed by atoms with Crippen LogP contribution < -0.4 is 9.64 Å². The SMILES string of the molecule is Cc1cc2c(N3CCCC(C)(O)C3)nc(OC3CCOCC3)nc2c(F)c1Br. The van der Waals surface area contributed by atoms with Crippen LogP contribution in [0.15, 0.2) is 10.5 Å². The van der Waals surface area contributed by atoms with Gasteiger partial charge in [-0.1, -0.05) is 0 Å². The Balaban J connectivity index is 1.80. The van der Waals surface area contributed by atoms with Gasteiger partial charge in [-0.15, -0.1) is 0 Å². The van der Waals surface area contributed by atoms with Gasteiger partial charge in [0.05, 0.1) is 23.3 Å². The lowest BCUT2D eigenvalue weighted by atomic mass is 9.95. The molecule has 28 heavy (non-hydrogen) atoms. The smallest absolute Gasteiger partial charge is 0.319 e. The Bertz CT molecular complexity index is 887. The van der Waals surface area contributed by atoms with Crippen LogP contribution in [-0.4, -0.2) is 53.1 Å². The summed E-state index contributed by atoms with van der Waals surface area (Å²) in [4.78, 5) is 11.1. The minimum atomic E-state index is -0.805. The van der Waals surface area contributed by atoms with E-state index < -0.39 is 11.4 Å². The second kappa shape index (κ2) is 7.72. The maximum Gasteiger partial charge on any atom is 0.319 e. The molecule has 1 aromatic heterocycles. The second-order valence-electron chi connectivity index (χ2n) is 8.00. The van der Waals surface area contributed by atoms with Gasteiger partial charge in [0, 0.05) is 31.3 Å². The molecule has 2 fully saturated rings. The molecule has 0 spiro atoms. The third-order valence-electron chi connectivity index (χ3n) is 5.43. The normalized spacial score (nSPS) is 24.0. The monoisotopic (exact) mass is 453 g/mol. The zero-order chi connectivity index (χ0) is 19.9. The van der Waals surface area contributed by atoms with Gasteiger partial charge in [-0.05, 0) is 54.2 Å². The summed E-state index contributed by atoms with van der Waals surface area (Å²) in [6.45, 7) is 6.13. The molecule has 2 aromatic rings. The van der Waals surface area contributed by atoms with Crippen LogP contribution in [0.2, 0.25) is 0 Å². The van der Waals surface area contributed by atoms with Gasteiger partial charge in [0.1, 0.15) is 17.4 Å². The molecule has 0 bridgehead atoms. The average Bonchev–Trinajstić information content (AvgIpc) is 2.66. The summed E-state index contributed by atoms with van der Waals surface area (Å²) >= 11 is 3.32. The molecular formula is C20H25BrFN3O3. The highest BCUT2D eigenvalue weighted by atomic mass is 79.9. The summed E-state index contributed by atoms with van der Waals surface area (Å²) < 4.78 is 26.8. The first kappa shape index (κ1) is 19.8. The maximum atomic E-state index is 15.0. The van der Waals surface area contributed by atoms with Crippen molar-refractivity contribution in [2.24, 2.45) is 0 Å². The van der Waals surface area contributed by atoms with E-state index in [2.05, 4.69) is 25.9 Å². The lowest BCUT2D eigenvalue weighted by Crippen LogP contribution is -2.46. The summed E-state index contributed by atoms with van der Waals surface area (Å²) in [5.41, 5.74) is 0.201. The van der Waals surface area contributed by atoms with Crippen molar-refractivity contribution in [2.45, 2.75) is 51.2 Å². The lowest BCUT2D eigenvalue weighted by molar-refractivity contribution is 0.0217. The molecule has 152 valence electrons. The molecule has 0 aliphatic carbocycles.